The standard InChI is InChI=1S/C33H48FN3O8S/c1-22-5-7-27(39)21-31(40)45-32(23(2)6-10-30(22)44-33(41)36-17-15-35(4)16-18-36)24(3)19-25-20-28(8-9-29(25)34)46(42,43)37-13-11-26(38)12-14-37/h6,8-10,19-20,22-23,26-27,30,32,38-39H,5,7,11-18,21H2,1-4H3/b10-6-,24-19+/t22-,23-,27+,30-,32-/m0/s1. The number of ether oxygens (including phenoxy) is 2. The van der Waals surface area contributed by atoms with Gasteiger partial charge in [0, 0.05) is 50.7 Å². The average Bonchev–Trinajstić information content (AvgIpc) is 3.01. The van der Waals surface area contributed by atoms with Crippen LogP contribution in [-0.2, 0) is 24.3 Å². The first-order chi connectivity index (χ1) is 21.7. The van der Waals surface area contributed by atoms with Crippen LogP contribution < -0.4 is 0 Å². The number of halogens is 1. The molecule has 0 aromatic heterocycles. The molecule has 2 N–H and O–H groups in total. The summed E-state index contributed by atoms with van der Waals surface area (Å²) in [7, 11) is -1.91. The summed E-state index contributed by atoms with van der Waals surface area (Å²) in [6, 6.07) is 3.57. The zero-order valence-electron chi connectivity index (χ0n) is 27.2. The Morgan fingerprint density at radius 1 is 1.00 bits per heavy atom. The van der Waals surface area contributed by atoms with Crippen molar-refractivity contribution < 1.29 is 42.1 Å². The Morgan fingerprint density at radius 3 is 2.35 bits per heavy atom. The summed E-state index contributed by atoms with van der Waals surface area (Å²) < 4.78 is 54.7. The lowest BCUT2D eigenvalue weighted by molar-refractivity contribution is -0.151. The largest absolute Gasteiger partial charge is 0.457 e. The van der Waals surface area contributed by atoms with Gasteiger partial charge in [0.05, 0.1) is 23.5 Å². The summed E-state index contributed by atoms with van der Waals surface area (Å²) in [5.74, 6) is -1.83. The van der Waals surface area contributed by atoms with Gasteiger partial charge in [-0.05, 0) is 81.5 Å². The van der Waals surface area contributed by atoms with Crippen molar-refractivity contribution >= 4 is 28.2 Å². The van der Waals surface area contributed by atoms with Crippen molar-refractivity contribution in [3.8, 4) is 0 Å². The van der Waals surface area contributed by atoms with Gasteiger partial charge in [-0.1, -0.05) is 19.9 Å². The third-order valence-corrected chi connectivity index (χ3v) is 11.0. The second-order valence-electron chi connectivity index (χ2n) is 12.9. The van der Waals surface area contributed by atoms with E-state index in [9.17, 15) is 28.2 Å². The molecular formula is C33H48FN3O8S. The van der Waals surface area contributed by atoms with Gasteiger partial charge in [-0.25, -0.2) is 17.6 Å². The van der Waals surface area contributed by atoms with Crippen molar-refractivity contribution in [3.05, 3.63) is 47.3 Å². The van der Waals surface area contributed by atoms with Gasteiger partial charge in [0.1, 0.15) is 18.0 Å². The third-order valence-electron chi connectivity index (χ3n) is 9.12. The number of hydrogen-bond donors (Lipinski definition) is 2. The Kier molecular flexibility index (Phi) is 12.4. The summed E-state index contributed by atoms with van der Waals surface area (Å²) in [5.41, 5.74) is 0.479. The van der Waals surface area contributed by atoms with Crippen LogP contribution in [0, 0.1) is 17.7 Å². The molecule has 1 amide bonds. The molecule has 2 fully saturated rings. The van der Waals surface area contributed by atoms with E-state index in [0.717, 1.165) is 19.2 Å². The van der Waals surface area contributed by atoms with Crippen LogP contribution in [-0.4, -0.2) is 116 Å². The number of rotatable bonds is 5. The molecule has 13 heteroatoms. The highest BCUT2D eigenvalue weighted by atomic mass is 32.2. The van der Waals surface area contributed by atoms with Crippen molar-refractivity contribution in [3.63, 3.8) is 0 Å². The van der Waals surface area contributed by atoms with Crippen LogP contribution in [0.15, 0.2) is 40.8 Å². The summed E-state index contributed by atoms with van der Waals surface area (Å²) >= 11 is 0. The highest BCUT2D eigenvalue weighted by molar-refractivity contribution is 7.89. The van der Waals surface area contributed by atoms with E-state index in [1.807, 2.05) is 27.0 Å². The molecule has 0 saturated carbocycles. The van der Waals surface area contributed by atoms with Gasteiger partial charge in [-0.3, -0.25) is 4.79 Å². The number of likely N-dealkylation sites (N-methyl/N-ethyl adjacent to an activating group) is 1. The van der Waals surface area contributed by atoms with Gasteiger partial charge in [0.15, 0.2) is 0 Å². The van der Waals surface area contributed by atoms with Crippen LogP contribution in [0.5, 0.6) is 0 Å². The van der Waals surface area contributed by atoms with E-state index in [1.54, 1.807) is 17.9 Å². The number of sulfonamides is 1. The monoisotopic (exact) mass is 665 g/mol. The van der Waals surface area contributed by atoms with E-state index in [4.69, 9.17) is 9.47 Å². The normalized spacial score (nSPS) is 29.4. The number of aliphatic hydroxyl groups excluding tert-OH is 2. The molecule has 2 saturated heterocycles. The molecule has 0 spiro atoms. The first kappa shape index (κ1) is 36.0. The van der Waals surface area contributed by atoms with Crippen molar-refractivity contribution in [2.45, 2.75) is 82.2 Å². The maximum absolute atomic E-state index is 15.1. The second-order valence-corrected chi connectivity index (χ2v) is 14.9. The Morgan fingerprint density at radius 2 is 1.67 bits per heavy atom. The minimum absolute atomic E-state index is 0.0154. The molecule has 11 nitrogen and oxygen atoms in total. The van der Waals surface area contributed by atoms with E-state index in [-0.39, 0.29) is 35.9 Å². The smallest absolute Gasteiger partial charge is 0.410 e. The quantitative estimate of drug-likeness (QED) is 0.358. The maximum atomic E-state index is 15.1. The van der Waals surface area contributed by atoms with Crippen molar-refractivity contribution in [2.24, 2.45) is 11.8 Å². The number of benzene rings is 1. The van der Waals surface area contributed by atoms with Gasteiger partial charge < -0.3 is 29.5 Å². The number of carbonyl (C=O) groups is 2. The second kappa shape index (κ2) is 15.8. The number of esters is 1. The van der Waals surface area contributed by atoms with E-state index in [2.05, 4.69) is 4.90 Å². The first-order valence-corrected chi connectivity index (χ1v) is 17.5. The molecule has 0 bridgehead atoms. The predicted molar refractivity (Wildman–Crippen MR) is 171 cm³/mol. The first-order valence-electron chi connectivity index (χ1n) is 16.1. The molecule has 3 aliphatic rings. The zero-order chi connectivity index (χ0) is 33.6. The van der Waals surface area contributed by atoms with Gasteiger partial charge in [0.25, 0.3) is 0 Å². The molecule has 1 aromatic rings. The number of cyclic esters (lactones) is 1. The van der Waals surface area contributed by atoms with Gasteiger partial charge in [-0.15, -0.1) is 0 Å². The number of piperidine rings is 1. The van der Waals surface area contributed by atoms with Crippen LogP contribution in [0.3, 0.4) is 0 Å². The fraction of sp³-hybridized carbons (Fsp3) is 0.636. The molecule has 46 heavy (non-hydrogen) atoms. The lowest BCUT2D eigenvalue weighted by Gasteiger charge is -2.33. The molecule has 0 radical (unpaired) electrons. The minimum atomic E-state index is -3.92. The molecular weight excluding hydrogens is 617 g/mol. The van der Waals surface area contributed by atoms with Gasteiger partial charge in [-0.2, -0.15) is 4.31 Å². The highest BCUT2D eigenvalue weighted by Gasteiger charge is 2.31. The SMILES string of the molecule is C/C(=C\c1cc(S(=O)(=O)N2CCC(O)CC2)ccc1F)[C@H]1OC(=O)C[C@H](O)CC[C@H](C)[C@@H](OC(=O)N2CCN(C)CC2)/C=C\[C@@H]1C. The topological polar surface area (TPSA) is 137 Å². The van der Waals surface area contributed by atoms with E-state index >= 15 is 4.39 Å². The molecule has 3 heterocycles. The predicted octanol–water partition coefficient (Wildman–Crippen LogP) is 3.41. The third kappa shape index (κ3) is 9.37. The Hall–Kier alpha value is -2.84. The molecule has 0 aliphatic carbocycles. The number of amides is 1. The maximum Gasteiger partial charge on any atom is 0.410 e. The van der Waals surface area contributed by atoms with Crippen LogP contribution in [0.1, 0.15) is 58.4 Å². The van der Waals surface area contributed by atoms with Crippen molar-refractivity contribution in [1.29, 1.82) is 0 Å². The van der Waals surface area contributed by atoms with Crippen LogP contribution >= 0.6 is 0 Å². The Balaban J connectivity index is 1.59. The van der Waals surface area contributed by atoms with Crippen LogP contribution in [0.4, 0.5) is 9.18 Å². The lowest BCUT2D eigenvalue weighted by Crippen LogP contribution is -2.48. The van der Waals surface area contributed by atoms with Crippen LogP contribution in [0.2, 0.25) is 0 Å². The van der Waals surface area contributed by atoms with E-state index < -0.39 is 58.2 Å². The minimum Gasteiger partial charge on any atom is -0.457 e. The number of carbonyl (C=O) groups excluding carboxylic acids is 2. The fourth-order valence-corrected chi connectivity index (χ4v) is 7.49. The number of nitrogens with zero attached hydrogens (tertiary/aromatic N) is 3. The molecule has 3 aliphatic heterocycles. The average molecular weight is 666 g/mol. The van der Waals surface area contributed by atoms with Crippen molar-refractivity contribution in [1.82, 2.24) is 14.1 Å². The molecule has 4 rings (SSSR count). The summed E-state index contributed by atoms with van der Waals surface area (Å²) in [6.45, 7) is 8.41. The Bertz CT molecular complexity index is 1390. The number of aliphatic hydroxyl groups is 2. The number of hydrogen-bond acceptors (Lipinski definition) is 9. The van der Waals surface area contributed by atoms with Gasteiger partial charge >= 0.3 is 12.1 Å². The molecule has 256 valence electrons. The molecule has 5 atom stereocenters. The summed E-state index contributed by atoms with van der Waals surface area (Å²) in [5, 5.41) is 20.4. The summed E-state index contributed by atoms with van der Waals surface area (Å²) in [6.07, 6.45) is 2.95. The Labute approximate surface area is 271 Å². The van der Waals surface area contributed by atoms with Gasteiger partial charge in [0.2, 0.25) is 10.0 Å². The van der Waals surface area contributed by atoms with Crippen molar-refractivity contribution in [2.75, 3.05) is 46.3 Å². The highest BCUT2D eigenvalue weighted by Crippen LogP contribution is 2.28. The number of piperazine rings is 1. The van der Waals surface area contributed by atoms with Crippen LogP contribution in [0.25, 0.3) is 6.08 Å². The van der Waals surface area contributed by atoms with E-state index in [0.29, 0.717) is 44.3 Å². The molecule has 0 unspecified atom stereocenters. The fourth-order valence-electron chi connectivity index (χ4n) is 5.98. The van der Waals surface area contributed by atoms with E-state index in [1.165, 1.54) is 22.5 Å². The zero-order valence-corrected chi connectivity index (χ0v) is 28.0. The lowest BCUT2D eigenvalue weighted by atomic mass is 9.91. The molecule has 1 aromatic carbocycles. The summed E-state index contributed by atoms with van der Waals surface area (Å²) in [4.78, 5) is 29.7.